The summed E-state index contributed by atoms with van der Waals surface area (Å²) in [6.45, 7) is 1.64. The Morgan fingerprint density at radius 1 is 1.22 bits per heavy atom. The summed E-state index contributed by atoms with van der Waals surface area (Å²) < 4.78 is 38.2. The van der Waals surface area contributed by atoms with Crippen molar-refractivity contribution in [3.8, 4) is 0 Å². The molecule has 0 aromatic heterocycles. The van der Waals surface area contributed by atoms with Crippen molar-refractivity contribution in [2.24, 2.45) is 5.10 Å². The predicted molar refractivity (Wildman–Crippen MR) is 89.4 cm³/mol. The van der Waals surface area contributed by atoms with E-state index >= 15 is 0 Å². The number of hydrogen-bond acceptors (Lipinski definition) is 2. The zero-order valence-corrected chi connectivity index (χ0v) is 13.7. The first-order valence-electron chi connectivity index (χ1n) is 7.64. The zero-order valence-electron chi connectivity index (χ0n) is 12.9. The van der Waals surface area contributed by atoms with Gasteiger partial charge in [0.15, 0.2) is 5.11 Å². The molecule has 1 aliphatic carbocycles. The van der Waals surface area contributed by atoms with E-state index in [1.54, 1.807) is 13.0 Å². The number of rotatable bonds is 3. The summed E-state index contributed by atoms with van der Waals surface area (Å²) in [5, 5.41) is 7.68. The molecule has 0 aliphatic heterocycles. The maximum Gasteiger partial charge on any atom is 0.416 e. The number of benzene rings is 1. The number of nitrogens with one attached hydrogen (secondary N) is 2. The van der Waals surface area contributed by atoms with Crippen molar-refractivity contribution in [3.63, 3.8) is 0 Å². The number of thiocarbonyl (C=S) groups is 1. The fraction of sp³-hybridized carbons (Fsp3) is 0.500. The molecule has 1 saturated carbocycles. The van der Waals surface area contributed by atoms with Gasteiger partial charge in [0.2, 0.25) is 0 Å². The Morgan fingerprint density at radius 3 is 2.57 bits per heavy atom. The highest BCUT2D eigenvalue weighted by Gasteiger charge is 2.30. The van der Waals surface area contributed by atoms with Crippen LogP contribution in [-0.2, 0) is 6.18 Å². The molecule has 0 spiro atoms. The van der Waals surface area contributed by atoms with Gasteiger partial charge in [0.25, 0.3) is 0 Å². The van der Waals surface area contributed by atoms with Crippen LogP contribution in [0.25, 0.3) is 0 Å². The van der Waals surface area contributed by atoms with E-state index < -0.39 is 11.7 Å². The lowest BCUT2D eigenvalue weighted by atomic mass is 9.96. The van der Waals surface area contributed by atoms with E-state index in [2.05, 4.69) is 15.8 Å². The van der Waals surface area contributed by atoms with Crippen molar-refractivity contribution >= 4 is 23.0 Å². The van der Waals surface area contributed by atoms with Crippen molar-refractivity contribution in [1.29, 1.82) is 0 Å². The van der Waals surface area contributed by atoms with Gasteiger partial charge < -0.3 is 5.32 Å². The average Bonchev–Trinajstić information content (AvgIpc) is 2.53. The standard InChI is InChI=1S/C16H20F3N3S/c1-11(12-6-5-7-13(10-12)16(17,18)19)21-22-15(23)20-14-8-3-2-4-9-14/h5-7,10,14H,2-4,8-9H2,1H3,(H2,20,22,23)/b21-11-. The molecule has 0 atom stereocenters. The summed E-state index contributed by atoms with van der Waals surface area (Å²) in [5.74, 6) is 0. The van der Waals surface area contributed by atoms with Crippen LogP contribution in [0.4, 0.5) is 13.2 Å². The van der Waals surface area contributed by atoms with E-state index in [0.717, 1.165) is 25.0 Å². The molecule has 7 heteroatoms. The molecule has 1 fully saturated rings. The molecule has 126 valence electrons. The minimum atomic E-state index is -4.36. The highest BCUT2D eigenvalue weighted by molar-refractivity contribution is 7.80. The first-order valence-corrected chi connectivity index (χ1v) is 8.05. The number of hydrogen-bond donors (Lipinski definition) is 2. The molecule has 1 aliphatic rings. The van der Waals surface area contributed by atoms with Crippen LogP contribution in [0.2, 0.25) is 0 Å². The fourth-order valence-electron chi connectivity index (χ4n) is 2.58. The van der Waals surface area contributed by atoms with Crippen molar-refractivity contribution in [2.45, 2.75) is 51.2 Å². The van der Waals surface area contributed by atoms with Crippen LogP contribution >= 0.6 is 12.2 Å². The topological polar surface area (TPSA) is 36.4 Å². The molecule has 0 bridgehead atoms. The molecule has 1 aromatic rings. The monoisotopic (exact) mass is 343 g/mol. The maximum absolute atomic E-state index is 12.7. The van der Waals surface area contributed by atoms with E-state index in [4.69, 9.17) is 12.2 Å². The van der Waals surface area contributed by atoms with Gasteiger partial charge in [0.1, 0.15) is 0 Å². The van der Waals surface area contributed by atoms with Crippen LogP contribution < -0.4 is 10.7 Å². The van der Waals surface area contributed by atoms with Gasteiger partial charge in [0.05, 0.1) is 11.3 Å². The Morgan fingerprint density at radius 2 is 1.91 bits per heavy atom. The summed E-state index contributed by atoms with van der Waals surface area (Å²) in [7, 11) is 0. The molecule has 0 radical (unpaired) electrons. The molecule has 1 aromatic carbocycles. The lowest BCUT2D eigenvalue weighted by molar-refractivity contribution is -0.137. The van der Waals surface area contributed by atoms with Crippen LogP contribution in [0.1, 0.15) is 50.2 Å². The molecular weight excluding hydrogens is 323 g/mol. The summed E-state index contributed by atoms with van der Waals surface area (Å²) >= 11 is 5.18. The summed E-state index contributed by atoms with van der Waals surface area (Å²) in [6.07, 6.45) is 1.43. The summed E-state index contributed by atoms with van der Waals surface area (Å²) in [6, 6.07) is 5.44. The normalized spacial score (nSPS) is 17.0. The quantitative estimate of drug-likeness (QED) is 0.490. The first-order chi connectivity index (χ1) is 10.9. The van der Waals surface area contributed by atoms with Crippen molar-refractivity contribution in [1.82, 2.24) is 10.7 Å². The molecule has 0 heterocycles. The van der Waals surface area contributed by atoms with E-state index in [1.807, 2.05) is 0 Å². The largest absolute Gasteiger partial charge is 0.416 e. The van der Waals surface area contributed by atoms with Gasteiger partial charge in [-0.3, -0.25) is 5.43 Å². The fourth-order valence-corrected chi connectivity index (χ4v) is 2.80. The predicted octanol–water partition coefficient (Wildman–Crippen LogP) is 4.23. The van der Waals surface area contributed by atoms with E-state index in [0.29, 0.717) is 22.4 Å². The molecule has 23 heavy (non-hydrogen) atoms. The van der Waals surface area contributed by atoms with Crippen LogP contribution in [0.5, 0.6) is 0 Å². The SMILES string of the molecule is C/C(=N/NC(=S)NC1CCCCC1)c1cccc(C(F)(F)F)c1. The number of halogens is 3. The van der Waals surface area contributed by atoms with Gasteiger partial charge in [-0.25, -0.2) is 0 Å². The molecule has 0 unspecified atom stereocenters. The molecule has 2 rings (SSSR count). The highest BCUT2D eigenvalue weighted by Crippen LogP contribution is 2.29. The molecule has 2 N–H and O–H groups in total. The lowest BCUT2D eigenvalue weighted by Gasteiger charge is -2.23. The van der Waals surface area contributed by atoms with Crippen LogP contribution in [0, 0.1) is 0 Å². The first kappa shape index (κ1) is 17.7. The minimum Gasteiger partial charge on any atom is -0.359 e. The Labute approximate surface area is 139 Å². The van der Waals surface area contributed by atoms with Gasteiger partial charge in [-0.1, -0.05) is 31.4 Å². The van der Waals surface area contributed by atoms with Crippen molar-refractivity contribution in [3.05, 3.63) is 35.4 Å². The third-order valence-electron chi connectivity index (χ3n) is 3.87. The smallest absolute Gasteiger partial charge is 0.359 e. The van der Waals surface area contributed by atoms with Gasteiger partial charge >= 0.3 is 6.18 Å². The van der Waals surface area contributed by atoms with Gasteiger partial charge in [-0.2, -0.15) is 18.3 Å². The second-order valence-electron chi connectivity index (χ2n) is 5.70. The number of hydrazone groups is 1. The second-order valence-corrected chi connectivity index (χ2v) is 6.10. The maximum atomic E-state index is 12.7. The van der Waals surface area contributed by atoms with Crippen LogP contribution in [-0.4, -0.2) is 16.9 Å². The Hall–Kier alpha value is -1.63. The molecule has 0 amide bonds. The van der Waals surface area contributed by atoms with Crippen LogP contribution in [0.15, 0.2) is 29.4 Å². The van der Waals surface area contributed by atoms with Crippen molar-refractivity contribution in [2.75, 3.05) is 0 Å². The summed E-state index contributed by atoms with van der Waals surface area (Å²) in [4.78, 5) is 0. The average molecular weight is 343 g/mol. The highest BCUT2D eigenvalue weighted by atomic mass is 32.1. The van der Waals surface area contributed by atoms with Gasteiger partial charge in [-0.05, 0) is 49.7 Å². The second kappa shape index (κ2) is 7.77. The minimum absolute atomic E-state index is 0.354. The Kier molecular flexibility index (Phi) is 5.98. The number of alkyl halides is 3. The Bertz CT molecular complexity index is 578. The third kappa shape index (κ3) is 5.49. The lowest BCUT2D eigenvalue weighted by Crippen LogP contribution is -2.41. The molecule has 0 saturated heterocycles. The van der Waals surface area contributed by atoms with Crippen molar-refractivity contribution < 1.29 is 13.2 Å². The van der Waals surface area contributed by atoms with E-state index in [1.165, 1.54) is 25.3 Å². The molecule has 3 nitrogen and oxygen atoms in total. The third-order valence-corrected chi connectivity index (χ3v) is 4.08. The van der Waals surface area contributed by atoms with Gasteiger partial charge in [-0.15, -0.1) is 0 Å². The van der Waals surface area contributed by atoms with E-state index in [9.17, 15) is 13.2 Å². The van der Waals surface area contributed by atoms with E-state index in [-0.39, 0.29) is 0 Å². The Balaban J connectivity index is 1.95. The van der Waals surface area contributed by atoms with Crippen LogP contribution in [0.3, 0.4) is 0 Å². The van der Waals surface area contributed by atoms with Gasteiger partial charge in [0, 0.05) is 6.04 Å². The summed E-state index contributed by atoms with van der Waals surface area (Å²) in [5.41, 5.74) is 2.88. The zero-order chi connectivity index (χ0) is 16.9. The number of nitrogens with zero attached hydrogens (tertiary/aromatic N) is 1. The molecular formula is C16H20F3N3S.